The molecule has 1 atom stereocenters. The summed E-state index contributed by atoms with van der Waals surface area (Å²) in [6, 6.07) is 18.5. The van der Waals surface area contributed by atoms with Crippen molar-refractivity contribution >= 4 is 43.0 Å². The zero-order valence-corrected chi connectivity index (χ0v) is 21.1. The lowest BCUT2D eigenvalue weighted by atomic mass is 10.1. The molecule has 3 aromatic carbocycles. The summed E-state index contributed by atoms with van der Waals surface area (Å²) in [5, 5.41) is 18.7. The largest absolute Gasteiger partial charge is 0.384 e. The number of nitrogens with one attached hydrogen (secondary N) is 3. The molecule has 0 aromatic heterocycles. The maximum absolute atomic E-state index is 13.1. The average Bonchev–Trinajstić information content (AvgIpc) is 2.81. The number of nitrogen functional groups attached to an aromatic ring is 1. The molecule has 3 aromatic rings. The molecule has 12 heteroatoms. The van der Waals surface area contributed by atoms with Crippen LogP contribution in [0.4, 0.5) is 11.4 Å². The Morgan fingerprint density at radius 3 is 2.22 bits per heavy atom. The average molecular weight is 530 g/mol. The molecule has 7 N–H and O–H groups in total. The number of hydrogen-bond acceptors (Lipinski definition) is 7. The molecule has 36 heavy (non-hydrogen) atoms. The van der Waals surface area contributed by atoms with Crippen LogP contribution in [0.3, 0.4) is 0 Å². The number of rotatable bonds is 10. The van der Waals surface area contributed by atoms with E-state index in [2.05, 4.69) is 10.6 Å². The smallest absolute Gasteiger partial charge is 0.246 e. The third-order valence-electron chi connectivity index (χ3n) is 5.27. The van der Waals surface area contributed by atoms with E-state index in [-0.39, 0.29) is 22.9 Å². The first kappa shape index (κ1) is 26.9. The van der Waals surface area contributed by atoms with Gasteiger partial charge in [0.1, 0.15) is 21.7 Å². The molecule has 190 valence electrons. The molecular weight excluding hydrogens is 502 g/mol. The number of sulfone groups is 1. The highest BCUT2D eigenvalue weighted by Crippen LogP contribution is 2.27. The zero-order valence-electron chi connectivity index (χ0n) is 19.4. The summed E-state index contributed by atoms with van der Waals surface area (Å²) in [5.41, 5.74) is 7.94. The fourth-order valence-electron chi connectivity index (χ4n) is 3.49. The Hall–Kier alpha value is -3.74. The van der Waals surface area contributed by atoms with Crippen molar-refractivity contribution in [1.82, 2.24) is 0 Å². The van der Waals surface area contributed by atoms with Gasteiger partial charge in [-0.3, -0.25) is 10.2 Å². The van der Waals surface area contributed by atoms with Gasteiger partial charge >= 0.3 is 0 Å². The van der Waals surface area contributed by atoms with Crippen LogP contribution in [-0.2, 0) is 24.7 Å². The number of amides is 1. The summed E-state index contributed by atoms with van der Waals surface area (Å²) in [6.07, 6.45) is 1.10. The SMILES string of the molecule is CS(=O)(=O)CCC(Nc1cccc(C(=N)N)c1)C(=O)Nc1ccc(-c2ccccc2S(N)(=O)=O)cc1. The van der Waals surface area contributed by atoms with Crippen molar-refractivity contribution in [2.24, 2.45) is 10.9 Å². The number of carbonyl (C=O) groups is 1. The van der Waals surface area contributed by atoms with Crippen molar-refractivity contribution in [2.75, 3.05) is 22.6 Å². The van der Waals surface area contributed by atoms with E-state index in [1.165, 1.54) is 6.07 Å². The number of hydrogen-bond donors (Lipinski definition) is 5. The van der Waals surface area contributed by atoms with Crippen LogP contribution >= 0.6 is 0 Å². The Kier molecular flexibility index (Phi) is 8.13. The quantitative estimate of drug-likeness (QED) is 0.197. The number of benzene rings is 3. The molecule has 0 bridgehead atoms. The van der Waals surface area contributed by atoms with Gasteiger partial charge in [-0.15, -0.1) is 0 Å². The Balaban J connectivity index is 1.82. The van der Waals surface area contributed by atoms with Crippen molar-refractivity contribution in [1.29, 1.82) is 5.41 Å². The minimum atomic E-state index is -3.93. The second kappa shape index (κ2) is 10.9. The van der Waals surface area contributed by atoms with E-state index in [4.69, 9.17) is 16.3 Å². The minimum Gasteiger partial charge on any atom is -0.384 e. The molecule has 0 aliphatic heterocycles. The number of sulfonamides is 1. The third-order valence-corrected chi connectivity index (χ3v) is 7.21. The van der Waals surface area contributed by atoms with Gasteiger partial charge < -0.3 is 16.4 Å². The highest BCUT2D eigenvalue weighted by atomic mass is 32.2. The Morgan fingerprint density at radius 1 is 0.944 bits per heavy atom. The molecule has 1 amide bonds. The molecule has 0 aliphatic rings. The van der Waals surface area contributed by atoms with Crippen molar-refractivity contribution < 1.29 is 21.6 Å². The molecular formula is C24H27N5O5S2. The maximum atomic E-state index is 13.1. The molecule has 0 radical (unpaired) electrons. The van der Waals surface area contributed by atoms with Crippen molar-refractivity contribution in [2.45, 2.75) is 17.4 Å². The van der Waals surface area contributed by atoms with Crippen LogP contribution in [0.2, 0.25) is 0 Å². The van der Waals surface area contributed by atoms with E-state index < -0.39 is 31.8 Å². The van der Waals surface area contributed by atoms with Gasteiger partial charge in [0.2, 0.25) is 15.9 Å². The van der Waals surface area contributed by atoms with E-state index in [0.717, 1.165) is 6.26 Å². The summed E-state index contributed by atoms with van der Waals surface area (Å²) in [4.78, 5) is 13.0. The van der Waals surface area contributed by atoms with E-state index in [9.17, 15) is 21.6 Å². The van der Waals surface area contributed by atoms with Crippen LogP contribution in [0.15, 0.2) is 77.7 Å². The van der Waals surface area contributed by atoms with Crippen LogP contribution < -0.4 is 21.5 Å². The summed E-state index contributed by atoms with van der Waals surface area (Å²) < 4.78 is 47.3. The molecule has 0 spiro atoms. The lowest BCUT2D eigenvalue weighted by Crippen LogP contribution is -2.36. The zero-order chi connectivity index (χ0) is 26.5. The van der Waals surface area contributed by atoms with Gasteiger partial charge in [0, 0.05) is 28.8 Å². The van der Waals surface area contributed by atoms with Crippen LogP contribution in [0, 0.1) is 5.41 Å². The van der Waals surface area contributed by atoms with E-state index in [0.29, 0.717) is 28.1 Å². The van der Waals surface area contributed by atoms with Gasteiger partial charge in [0.15, 0.2) is 0 Å². The summed E-state index contributed by atoms with van der Waals surface area (Å²) in [7, 11) is -7.25. The number of amidine groups is 1. The van der Waals surface area contributed by atoms with Crippen LogP contribution in [0.25, 0.3) is 11.1 Å². The highest BCUT2D eigenvalue weighted by Gasteiger charge is 2.21. The molecule has 1 unspecified atom stereocenters. The molecule has 0 aliphatic carbocycles. The summed E-state index contributed by atoms with van der Waals surface area (Å²) in [5.74, 6) is -0.822. The number of anilines is 2. The topological polar surface area (TPSA) is 185 Å². The Labute approximate surface area is 210 Å². The number of carbonyl (C=O) groups excluding carboxylic acids is 1. The third kappa shape index (κ3) is 7.38. The number of nitrogens with two attached hydrogens (primary N) is 2. The second-order valence-electron chi connectivity index (χ2n) is 8.22. The molecule has 0 fully saturated rings. The summed E-state index contributed by atoms with van der Waals surface area (Å²) in [6.45, 7) is 0. The Bertz CT molecular complexity index is 1490. The standard InChI is InChI=1S/C24H27N5O5S2/c1-35(31,32)14-13-21(28-19-6-4-5-17(15-19)23(25)26)24(30)29-18-11-9-16(10-12-18)20-7-2-3-8-22(20)36(27,33)34/h2-12,15,21,28H,13-14H2,1H3,(H3,25,26)(H,29,30)(H2,27,33,34). The highest BCUT2D eigenvalue weighted by molar-refractivity contribution is 7.90. The first-order valence-corrected chi connectivity index (χ1v) is 14.4. The van der Waals surface area contributed by atoms with Gasteiger partial charge in [0.05, 0.1) is 10.6 Å². The number of primary sulfonamides is 1. The lowest BCUT2D eigenvalue weighted by molar-refractivity contribution is -0.116. The van der Waals surface area contributed by atoms with E-state index in [1.54, 1.807) is 66.7 Å². The fourth-order valence-corrected chi connectivity index (χ4v) is 4.92. The molecule has 0 saturated heterocycles. The fraction of sp³-hybridized carbons (Fsp3) is 0.167. The van der Waals surface area contributed by atoms with E-state index >= 15 is 0 Å². The van der Waals surface area contributed by atoms with Gasteiger partial charge in [0.25, 0.3) is 0 Å². The monoisotopic (exact) mass is 529 g/mol. The van der Waals surface area contributed by atoms with Crippen molar-refractivity contribution in [3.63, 3.8) is 0 Å². The molecule has 0 saturated carbocycles. The van der Waals surface area contributed by atoms with Gasteiger partial charge in [-0.2, -0.15) is 0 Å². The maximum Gasteiger partial charge on any atom is 0.246 e. The molecule has 3 rings (SSSR count). The summed E-state index contributed by atoms with van der Waals surface area (Å²) >= 11 is 0. The Morgan fingerprint density at radius 2 is 1.61 bits per heavy atom. The van der Waals surface area contributed by atoms with Crippen LogP contribution in [0.1, 0.15) is 12.0 Å². The molecule has 0 heterocycles. The van der Waals surface area contributed by atoms with Crippen LogP contribution in [-0.4, -0.2) is 46.6 Å². The van der Waals surface area contributed by atoms with Crippen LogP contribution in [0.5, 0.6) is 0 Å². The molecule has 10 nitrogen and oxygen atoms in total. The van der Waals surface area contributed by atoms with Crippen molar-refractivity contribution in [3.05, 3.63) is 78.4 Å². The first-order valence-electron chi connectivity index (χ1n) is 10.8. The predicted octanol–water partition coefficient (Wildman–Crippen LogP) is 2.14. The first-order chi connectivity index (χ1) is 16.8. The normalized spacial score (nSPS) is 12.5. The minimum absolute atomic E-state index is 0.00871. The van der Waals surface area contributed by atoms with Crippen molar-refractivity contribution in [3.8, 4) is 11.1 Å². The van der Waals surface area contributed by atoms with Gasteiger partial charge in [-0.25, -0.2) is 22.0 Å². The van der Waals surface area contributed by atoms with Gasteiger partial charge in [-0.1, -0.05) is 42.5 Å². The second-order valence-corrected chi connectivity index (χ2v) is 12.0. The van der Waals surface area contributed by atoms with Gasteiger partial charge in [-0.05, 0) is 42.3 Å². The van der Waals surface area contributed by atoms with E-state index in [1.807, 2.05) is 0 Å². The lowest BCUT2D eigenvalue weighted by Gasteiger charge is -2.20. The predicted molar refractivity (Wildman–Crippen MR) is 141 cm³/mol.